The zero-order valence-corrected chi connectivity index (χ0v) is 7.66. The largest absolute Gasteiger partial charge is 0.505 e. The van der Waals surface area contributed by atoms with E-state index in [4.69, 9.17) is 5.11 Å². The Balaban J connectivity index is 0.000000146. The van der Waals surface area contributed by atoms with Crippen LogP contribution in [0.25, 0.3) is 0 Å². The summed E-state index contributed by atoms with van der Waals surface area (Å²) in [7, 11) is 0. The highest BCUT2D eigenvalue weighted by Crippen LogP contribution is 2.11. The number of hydrogen-bond acceptors (Lipinski definition) is 2. The number of hydrogen-bond donors (Lipinski definition) is 2. The van der Waals surface area contributed by atoms with Gasteiger partial charge in [0.1, 0.15) is 0 Å². The third-order valence-electron chi connectivity index (χ3n) is 1.76. The first kappa shape index (κ1) is 10.5. The van der Waals surface area contributed by atoms with Crippen molar-refractivity contribution in [1.82, 2.24) is 5.32 Å². The van der Waals surface area contributed by atoms with Gasteiger partial charge >= 0.3 is 0 Å². The van der Waals surface area contributed by atoms with Crippen LogP contribution in [0.5, 0.6) is 5.75 Å². The van der Waals surface area contributed by atoms with Gasteiger partial charge in [-0.1, -0.05) is 12.1 Å². The SMILES string of the molecule is O=C1CCCN1.Oc1ccccc1F. The Hall–Kier alpha value is -1.58. The Bertz CT molecular complexity index is 286. The minimum atomic E-state index is -0.576. The van der Waals surface area contributed by atoms with Gasteiger partial charge in [0.2, 0.25) is 5.91 Å². The third-order valence-corrected chi connectivity index (χ3v) is 1.76. The Labute approximate surface area is 81.6 Å². The maximum absolute atomic E-state index is 12.1. The molecule has 1 heterocycles. The molecule has 76 valence electrons. The quantitative estimate of drug-likeness (QED) is 0.661. The topological polar surface area (TPSA) is 49.3 Å². The molecule has 2 N–H and O–H groups in total. The number of carbonyl (C=O) groups is 1. The molecule has 0 saturated carbocycles. The summed E-state index contributed by atoms with van der Waals surface area (Å²) in [5, 5.41) is 11.2. The summed E-state index contributed by atoms with van der Waals surface area (Å²) in [5.41, 5.74) is 0. The molecule has 0 spiro atoms. The van der Waals surface area contributed by atoms with E-state index >= 15 is 0 Å². The van der Waals surface area contributed by atoms with Crippen LogP contribution >= 0.6 is 0 Å². The lowest BCUT2D eigenvalue weighted by atomic mass is 10.3. The van der Waals surface area contributed by atoms with E-state index in [1.165, 1.54) is 18.2 Å². The molecule has 1 fully saturated rings. The van der Waals surface area contributed by atoms with Gasteiger partial charge in [-0.25, -0.2) is 4.39 Å². The highest BCUT2D eigenvalue weighted by atomic mass is 19.1. The summed E-state index contributed by atoms with van der Waals surface area (Å²) in [4.78, 5) is 10.1. The molecule has 1 saturated heterocycles. The molecule has 4 heteroatoms. The predicted octanol–water partition coefficient (Wildman–Crippen LogP) is 1.43. The number of nitrogens with one attached hydrogen (secondary N) is 1. The fourth-order valence-corrected chi connectivity index (χ4v) is 1.02. The van der Waals surface area contributed by atoms with Crippen molar-refractivity contribution in [2.75, 3.05) is 6.54 Å². The zero-order valence-electron chi connectivity index (χ0n) is 7.66. The van der Waals surface area contributed by atoms with Crippen LogP contribution in [0.2, 0.25) is 0 Å². The molecule has 0 aliphatic carbocycles. The molecule has 2 rings (SSSR count). The molecule has 0 aromatic heterocycles. The zero-order chi connectivity index (χ0) is 10.4. The lowest BCUT2D eigenvalue weighted by Crippen LogP contribution is -2.12. The average Bonchev–Trinajstić information content (AvgIpc) is 2.63. The van der Waals surface area contributed by atoms with E-state index in [1.807, 2.05) is 0 Å². The molecular formula is C10H12FNO2. The monoisotopic (exact) mass is 197 g/mol. The maximum atomic E-state index is 12.1. The van der Waals surface area contributed by atoms with Crippen molar-refractivity contribution in [3.8, 4) is 5.75 Å². The fraction of sp³-hybridized carbons (Fsp3) is 0.300. The van der Waals surface area contributed by atoms with Gasteiger partial charge in [-0.2, -0.15) is 0 Å². The Morgan fingerprint density at radius 1 is 1.36 bits per heavy atom. The molecule has 14 heavy (non-hydrogen) atoms. The summed E-state index contributed by atoms with van der Waals surface area (Å²) < 4.78 is 12.1. The first-order chi connectivity index (χ1) is 6.70. The summed E-state index contributed by atoms with van der Waals surface area (Å²) >= 11 is 0. The minimum Gasteiger partial charge on any atom is -0.505 e. The first-order valence-electron chi connectivity index (χ1n) is 4.40. The highest BCUT2D eigenvalue weighted by molar-refractivity contribution is 5.77. The van der Waals surface area contributed by atoms with Crippen molar-refractivity contribution in [3.05, 3.63) is 30.1 Å². The number of benzene rings is 1. The Morgan fingerprint density at radius 3 is 2.36 bits per heavy atom. The number of para-hydroxylation sites is 1. The van der Waals surface area contributed by atoms with Crippen molar-refractivity contribution in [2.24, 2.45) is 0 Å². The molecule has 0 atom stereocenters. The Kier molecular flexibility index (Phi) is 3.91. The lowest BCUT2D eigenvalue weighted by molar-refractivity contribution is -0.119. The van der Waals surface area contributed by atoms with Crippen molar-refractivity contribution in [3.63, 3.8) is 0 Å². The standard InChI is InChI=1S/C6H5FO.C4H7NO/c7-5-3-1-2-4-6(5)8;6-4-2-1-3-5-4/h1-4,8H;1-3H2,(H,5,6). The molecule has 0 bridgehead atoms. The van der Waals surface area contributed by atoms with Gasteiger partial charge < -0.3 is 10.4 Å². The van der Waals surface area contributed by atoms with Crippen LogP contribution in [0.15, 0.2) is 24.3 Å². The molecule has 3 nitrogen and oxygen atoms in total. The van der Waals surface area contributed by atoms with Crippen LogP contribution in [0.4, 0.5) is 4.39 Å². The van der Waals surface area contributed by atoms with Gasteiger partial charge in [-0.05, 0) is 18.6 Å². The van der Waals surface area contributed by atoms with Crippen molar-refractivity contribution >= 4 is 5.91 Å². The van der Waals surface area contributed by atoms with Crippen LogP contribution in [0, 0.1) is 5.82 Å². The molecule has 1 aromatic rings. The van der Waals surface area contributed by atoms with Crippen LogP contribution in [0.3, 0.4) is 0 Å². The summed E-state index contributed by atoms with van der Waals surface area (Å²) in [6, 6.07) is 5.60. The summed E-state index contributed by atoms with van der Waals surface area (Å²) in [6.45, 7) is 0.888. The van der Waals surface area contributed by atoms with Crippen molar-refractivity contribution < 1.29 is 14.3 Å². The summed E-state index contributed by atoms with van der Waals surface area (Å²) in [6.07, 6.45) is 1.76. The smallest absolute Gasteiger partial charge is 0.220 e. The predicted molar refractivity (Wildman–Crippen MR) is 50.3 cm³/mol. The van der Waals surface area contributed by atoms with E-state index in [1.54, 1.807) is 6.07 Å². The second-order valence-corrected chi connectivity index (χ2v) is 2.90. The number of rotatable bonds is 0. The van der Waals surface area contributed by atoms with E-state index in [2.05, 4.69) is 5.32 Å². The molecule has 1 aromatic carbocycles. The van der Waals surface area contributed by atoms with E-state index in [0.29, 0.717) is 0 Å². The van der Waals surface area contributed by atoms with E-state index < -0.39 is 5.82 Å². The number of phenols is 1. The van der Waals surface area contributed by atoms with Crippen molar-refractivity contribution in [1.29, 1.82) is 0 Å². The number of aromatic hydroxyl groups is 1. The second kappa shape index (κ2) is 5.21. The van der Waals surface area contributed by atoms with Crippen LogP contribution in [-0.2, 0) is 4.79 Å². The number of phenolic OH excluding ortho intramolecular Hbond substituents is 1. The maximum Gasteiger partial charge on any atom is 0.220 e. The van der Waals surface area contributed by atoms with Crippen LogP contribution in [0.1, 0.15) is 12.8 Å². The van der Waals surface area contributed by atoms with Gasteiger partial charge in [-0.3, -0.25) is 4.79 Å². The molecular weight excluding hydrogens is 185 g/mol. The minimum absolute atomic E-state index is 0.204. The average molecular weight is 197 g/mol. The second-order valence-electron chi connectivity index (χ2n) is 2.90. The van der Waals surface area contributed by atoms with Crippen LogP contribution < -0.4 is 5.32 Å². The number of amides is 1. The van der Waals surface area contributed by atoms with E-state index in [9.17, 15) is 9.18 Å². The van der Waals surface area contributed by atoms with Crippen molar-refractivity contribution in [2.45, 2.75) is 12.8 Å². The first-order valence-corrected chi connectivity index (χ1v) is 4.40. The molecule has 1 aliphatic heterocycles. The van der Waals surface area contributed by atoms with E-state index in [-0.39, 0.29) is 11.7 Å². The van der Waals surface area contributed by atoms with Gasteiger partial charge in [0, 0.05) is 13.0 Å². The molecule has 0 unspecified atom stereocenters. The lowest BCUT2D eigenvalue weighted by Gasteiger charge is -1.88. The van der Waals surface area contributed by atoms with Gasteiger partial charge in [0.25, 0.3) is 0 Å². The fourth-order valence-electron chi connectivity index (χ4n) is 1.02. The molecule has 1 amide bonds. The van der Waals surface area contributed by atoms with Gasteiger partial charge in [-0.15, -0.1) is 0 Å². The molecule has 1 aliphatic rings. The highest BCUT2D eigenvalue weighted by Gasteiger charge is 2.05. The van der Waals surface area contributed by atoms with Crippen LogP contribution in [-0.4, -0.2) is 17.6 Å². The number of carbonyl (C=O) groups excluding carboxylic acids is 1. The third kappa shape index (κ3) is 3.43. The number of halogens is 1. The van der Waals surface area contributed by atoms with Gasteiger partial charge in [0.05, 0.1) is 0 Å². The summed E-state index contributed by atoms with van der Waals surface area (Å²) in [5.74, 6) is -0.671. The Morgan fingerprint density at radius 2 is 2.07 bits per heavy atom. The normalized spacial score (nSPS) is 14.2. The molecule has 0 radical (unpaired) electrons. The van der Waals surface area contributed by atoms with Gasteiger partial charge in [0.15, 0.2) is 11.6 Å². The van der Waals surface area contributed by atoms with E-state index in [0.717, 1.165) is 19.4 Å².